The molecule has 0 aliphatic rings. The Morgan fingerprint density at radius 2 is 1.88 bits per heavy atom. The van der Waals surface area contributed by atoms with E-state index >= 15 is 0 Å². The Morgan fingerprint density at radius 1 is 1.04 bits per heavy atom. The first-order valence-corrected chi connectivity index (χ1v) is 8.78. The molecule has 1 N–H and O–H groups in total. The molecule has 0 fully saturated rings. The predicted octanol–water partition coefficient (Wildman–Crippen LogP) is 4.28. The molecule has 0 unspecified atom stereocenters. The van der Waals surface area contributed by atoms with E-state index in [0.717, 1.165) is 28.8 Å². The van der Waals surface area contributed by atoms with Crippen molar-refractivity contribution < 1.29 is 9.47 Å². The molecule has 0 radical (unpaired) electrons. The summed E-state index contributed by atoms with van der Waals surface area (Å²) in [7, 11) is 0. The van der Waals surface area contributed by atoms with Crippen molar-refractivity contribution >= 4 is 23.2 Å². The zero-order valence-electron chi connectivity index (χ0n) is 15.0. The largest absolute Gasteiger partial charge is 0.490 e. The molecule has 0 spiro atoms. The van der Waals surface area contributed by atoms with Gasteiger partial charge in [0.05, 0.1) is 24.2 Å². The monoisotopic (exact) mass is 350 g/mol. The number of H-pyrrole nitrogens is 1. The summed E-state index contributed by atoms with van der Waals surface area (Å²) >= 11 is 0. The second-order valence-electron chi connectivity index (χ2n) is 5.79. The van der Waals surface area contributed by atoms with Crippen molar-refractivity contribution in [1.82, 2.24) is 9.97 Å². The van der Waals surface area contributed by atoms with E-state index in [1.807, 2.05) is 55.5 Å². The van der Waals surface area contributed by atoms with Crippen LogP contribution in [-0.2, 0) is 0 Å². The van der Waals surface area contributed by atoms with Crippen LogP contribution in [0.4, 0.5) is 0 Å². The first-order chi connectivity index (χ1) is 12.7. The average molecular weight is 350 g/mol. The van der Waals surface area contributed by atoms with Crippen LogP contribution in [0.1, 0.15) is 31.5 Å². The molecule has 1 aromatic heterocycles. The fourth-order valence-electron chi connectivity index (χ4n) is 2.56. The third-order valence-corrected chi connectivity index (χ3v) is 3.79. The number of aromatic nitrogens is 2. The first-order valence-electron chi connectivity index (χ1n) is 8.78. The maximum atomic E-state index is 12.2. The van der Waals surface area contributed by atoms with Crippen LogP contribution in [0.5, 0.6) is 11.5 Å². The molecule has 0 aliphatic heterocycles. The summed E-state index contributed by atoms with van der Waals surface area (Å²) < 4.78 is 11.4. The molecule has 2 aromatic carbocycles. The molecule has 134 valence electrons. The van der Waals surface area contributed by atoms with Crippen molar-refractivity contribution in [3.8, 4) is 11.5 Å². The second kappa shape index (κ2) is 8.34. The van der Waals surface area contributed by atoms with Crippen LogP contribution in [0.3, 0.4) is 0 Å². The molecule has 0 bridgehead atoms. The summed E-state index contributed by atoms with van der Waals surface area (Å²) in [5, 5.41) is 0. The number of fused-ring (bicyclic) bond motifs is 1. The molecule has 5 nitrogen and oxygen atoms in total. The molecule has 0 saturated heterocycles. The topological polar surface area (TPSA) is 64.2 Å². The number of nitrogens with one attached hydrogen (secondary N) is 1. The predicted molar refractivity (Wildman–Crippen MR) is 105 cm³/mol. The molecular weight excluding hydrogens is 328 g/mol. The maximum absolute atomic E-state index is 12.2. The van der Waals surface area contributed by atoms with E-state index in [-0.39, 0.29) is 5.56 Å². The van der Waals surface area contributed by atoms with E-state index in [1.165, 1.54) is 0 Å². The lowest BCUT2D eigenvalue weighted by molar-refractivity contribution is 0.277. The van der Waals surface area contributed by atoms with Gasteiger partial charge in [-0.25, -0.2) is 4.98 Å². The molecule has 0 saturated carbocycles. The number of hydrogen-bond donors (Lipinski definition) is 1. The molecule has 3 rings (SSSR count). The zero-order chi connectivity index (χ0) is 18.4. The second-order valence-corrected chi connectivity index (χ2v) is 5.79. The van der Waals surface area contributed by atoms with Crippen LogP contribution < -0.4 is 15.0 Å². The number of ether oxygens (including phenoxy) is 2. The Labute approximate surface area is 152 Å². The first kappa shape index (κ1) is 17.7. The SMILES string of the molecule is CCCOc1ccc(/C=C/c2nc3ccccc3[nH]c2=O)cc1OCC. The molecule has 0 atom stereocenters. The van der Waals surface area contributed by atoms with Crippen molar-refractivity contribution in [2.45, 2.75) is 20.3 Å². The zero-order valence-corrected chi connectivity index (χ0v) is 15.0. The van der Waals surface area contributed by atoms with E-state index in [1.54, 1.807) is 6.08 Å². The van der Waals surface area contributed by atoms with Crippen LogP contribution in [0.25, 0.3) is 23.2 Å². The van der Waals surface area contributed by atoms with Crippen molar-refractivity contribution in [3.63, 3.8) is 0 Å². The Bertz CT molecular complexity index is 976. The number of nitrogens with zero attached hydrogens (tertiary/aromatic N) is 1. The Hall–Kier alpha value is -3.08. The van der Waals surface area contributed by atoms with Gasteiger partial charge in [0.1, 0.15) is 5.69 Å². The maximum Gasteiger partial charge on any atom is 0.274 e. The van der Waals surface area contributed by atoms with Crippen LogP contribution in [0, 0.1) is 0 Å². The highest BCUT2D eigenvalue weighted by atomic mass is 16.5. The summed E-state index contributed by atoms with van der Waals surface area (Å²) in [5.74, 6) is 1.43. The molecule has 0 amide bonds. The van der Waals surface area contributed by atoms with Gasteiger partial charge in [-0.1, -0.05) is 31.2 Å². The number of hydrogen-bond acceptors (Lipinski definition) is 4. The minimum Gasteiger partial charge on any atom is -0.490 e. The van der Waals surface area contributed by atoms with Crippen LogP contribution in [-0.4, -0.2) is 23.2 Å². The van der Waals surface area contributed by atoms with Crippen LogP contribution >= 0.6 is 0 Å². The highest BCUT2D eigenvalue weighted by Gasteiger charge is 2.06. The lowest BCUT2D eigenvalue weighted by Gasteiger charge is -2.12. The Kier molecular flexibility index (Phi) is 5.69. The van der Waals surface area contributed by atoms with Crippen molar-refractivity contribution in [2.75, 3.05) is 13.2 Å². The summed E-state index contributed by atoms with van der Waals surface area (Å²) in [6.45, 7) is 5.20. The molecule has 26 heavy (non-hydrogen) atoms. The average Bonchev–Trinajstić information content (AvgIpc) is 2.66. The molecule has 3 aromatic rings. The summed E-state index contributed by atoms with van der Waals surface area (Å²) in [5.41, 5.74) is 2.54. The van der Waals surface area contributed by atoms with Crippen molar-refractivity contribution in [1.29, 1.82) is 0 Å². The van der Waals surface area contributed by atoms with Gasteiger partial charge in [-0.05, 0) is 49.2 Å². The Balaban J connectivity index is 1.89. The minimum atomic E-state index is -0.215. The molecule has 1 heterocycles. The normalized spacial score (nSPS) is 11.2. The molecule has 5 heteroatoms. The molecule has 0 aliphatic carbocycles. The van der Waals surface area contributed by atoms with E-state index in [0.29, 0.717) is 24.7 Å². The minimum absolute atomic E-state index is 0.215. The lowest BCUT2D eigenvalue weighted by atomic mass is 10.1. The highest BCUT2D eigenvalue weighted by Crippen LogP contribution is 2.29. The Morgan fingerprint density at radius 3 is 2.69 bits per heavy atom. The fourth-order valence-corrected chi connectivity index (χ4v) is 2.56. The fraction of sp³-hybridized carbons (Fsp3) is 0.238. The van der Waals surface area contributed by atoms with Gasteiger partial charge < -0.3 is 14.5 Å². The summed E-state index contributed by atoms with van der Waals surface area (Å²) in [4.78, 5) is 19.4. The van der Waals surface area contributed by atoms with Gasteiger partial charge in [0.15, 0.2) is 11.5 Å². The van der Waals surface area contributed by atoms with E-state index in [9.17, 15) is 4.79 Å². The van der Waals surface area contributed by atoms with Gasteiger partial charge >= 0.3 is 0 Å². The van der Waals surface area contributed by atoms with Gasteiger partial charge in [-0.3, -0.25) is 4.79 Å². The number of para-hydroxylation sites is 2. The van der Waals surface area contributed by atoms with E-state index in [2.05, 4.69) is 16.9 Å². The molecular formula is C21H22N2O3. The standard InChI is InChI=1S/C21H22N2O3/c1-3-13-26-19-12-10-15(14-20(19)25-4-2)9-11-18-21(24)23-17-8-6-5-7-16(17)22-18/h5-12,14H,3-4,13H2,1-2H3,(H,23,24)/b11-9+. The summed E-state index contributed by atoms with van der Waals surface area (Å²) in [6, 6.07) is 13.2. The van der Waals surface area contributed by atoms with Gasteiger partial charge in [-0.2, -0.15) is 0 Å². The third-order valence-electron chi connectivity index (χ3n) is 3.79. The lowest BCUT2D eigenvalue weighted by Crippen LogP contribution is -2.11. The number of benzene rings is 2. The van der Waals surface area contributed by atoms with Gasteiger partial charge in [0.25, 0.3) is 5.56 Å². The van der Waals surface area contributed by atoms with Gasteiger partial charge in [0, 0.05) is 0 Å². The van der Waals surface area contributed by atoms with Gasteiger partial charge in [0.2, 0.25) is 0 Å². The van der Waals surface area contributed by atoms with Crippen LogP contribution in [0.15, 0.2) is 47.3 Å². The highest BCUT2D eigenvalue weighted by molar-refractivity contribution is 5.76. The van der Waals surface area contributed by atoms with Crippen molar-refractivity contribution in [3.05, 3.63) is 64.1 Å². The van der Waals surface area contributed by atoms with Gasteiger partial charge in [-0.15, -0.1) is 0 Å². The van der Waals surface area contributed by atoms with Crippen molar-refractivity contribution in [2.24, 2.45) is 0 Å². The van der Waals surface area contributed by atoms with Crippen LogP contribution in [0.2, 0.25) is 0 Å². The summed E-state index contributed by atoms with van der Waals surface area (Å²) in [6.07, 6.45) is 4.49. The van der Waals surface area contributed by atoms with E-state index < -0.39 is 0 Å². The number of rotatable bonds is 7. The quantitative estimate of drug-likeness (QED) is 0.691. The number of aromatic amines is 1. The third kappa shape index (κ3) is 4.11. The van der Waals surface area contributed by atoms with E-state index in [4.69, 9.17) is 9.47 Å². The smallest absolute Gasteiger partial charge is 0.274 e.